The van der Waals surface area contributed by atoms with Crippen molar-refractivity contribution >= 4 is 23.1 Å². The van der Waals surface area contributed by atoms with Gasteiger partial charge in [-0.1, -0.05) is 23.7 Å². The molecule has 1 aromatic rings. The lowest BCUT2D eigenvalue weighted by Crippen LogP contribution is -2.39. The second kappa shape index (κ2) is 6.15. The minimum atomic E-state index is 0.0825. The first-order valence-electron chi connectivity index (χ1n) is 6.71. The first kappa shape index (κ1) is 14.0. The highest BCUT2D eigenvalue weighted by atomic mass is 35.5. The molecule has 1 heterocycles. The van der Waals surface area contributed by atoms with E-state index in [9.17, 15) is 0 Å². The van der Waals surface area contributed by atoms with Gasteiger partial charge in [0.25, 0.3) is 0 Å². The van der Waals surface area contributed by atoms with Gasteiger partial charge in [-0.15, -0.1) is 0 Å². The van der Waals surface area contributed by atoms with Crippen molar-refractivity contribution in [2.75, 3.05) is 11.4 Å². The predicted molar refractivity (Wildman–Crippen MR) is 79.2 cm³/mol. The van der Waals surface area contributed by atoms with Crippen LogP contribution in [-0.2, 0) is 0 Å². The van der Waals surface area contributed by atoms with Gasteiger partial charge in [-0.2, -0.15) is 0 Å². The molecule has 1 aliphatic rings. The minimum Gasteiger partial charge on any atom is -0.409 e. The molecule has 104 valence electrons. The van der Waals surface area contributed by atoms with Crippen molar-refractivity contribution in [1.29, 1.82) is 0 Å². The lowest BCUT2D eigenvalue weighted by Gasteiger charge is -2.37. The van der Waals surface area contributed by atoms with Gasteiger partial charge < -0.3 is 15.8 Å². The van der Waals surface area contributed by atoms with Crippen molar-refractivity contribution < 1.29 is 5.21 Å². The molecule has 1 unspecified atom stereocenters. The van der Waals surface area contributed by atoms with Crippen LogP contribution in [0.1, 0.15) is 38.2 Å². The van der Waals surface area contributed by atoms with Gasteiger partial charge in [0.2, 0.25) is 0 Å². The minimum absolute atomic E-state index is 0.0825. The highest BCUT2D eigenvalue weighted by Crippen LogP contribution is 2.32. The molecule has 4 nitrogen and oxygen atoms in total. The Balaban J connectivity index is 2.29. The maximum absolute atomic E-state index is 8.69. The smallest absolute Gasteiger partial charge is 0.170 e. The van der Waals surface area contributed by atoms with Crippen LogP contribution >= 0.6 is 11.6 Å². The quantitative estimate of drug-likeness (QED) is 0.387. The molecule has 5 heteroatoms. The van der Waals surface area contributed by atoms with E-state index in [-0.39, 0.29) is 5.84 Å². The van der Waals surface area contributed by atoms with E-state index >= 15 is 0 Å². The first-order valence-corrected chi connectivity index (χ1v) is 7.09. The highest BCUT2D eigenvalue weighted by Gasteiger charge is 2.22. The Morgan fingerprint density at radius 1 is 1.53 bits per heavy atom. The monoisotopic (exact) mass is 281 g/mol. The maximum atomic E-state index is 8.69. The van der Waals surface area contributed by atoms with Crippen LogP contribution in [0.2, 0.25) is 5.02 Å². The number of nitrogens with two attached hydrogens (primary N) is 1. The molecular formula is C14H20ClN3O. The Hall–Kier alpha value is -1.42. The van der Waals surface area contributed by atoms with Crippen molar-refractivity contribution in [3.05, 3.63) is 28.8 Å². The molecule has 1 aromatic carbocycles. The highest BCUT2D eigenvalue weighted by molar-refractivity contribution is 6.33. The van der Waals surface area contributed by atoms with E-state index in [1.165, 1.54) is 19.3 Å². The molecule has 0 radical (unpaired) electrons. The van der Waals surface area contributed by atoms with Gasteiger partial charge in [0, 0.05) is 18.2 Å². The molecule has 0 aliphatic carbocycles. The Labute approximate surface area is 118 Å². The summed E-state index contributed by atoms with van der Waals surface area (Å²) in [6.07, 6.45) is 4.83. The van der Waals surface area contributed by atoms with E-state index in [1.54, 1.807) is 6.07 Å². The van der Waals surface area contributed by atoms with E-state index in [0.717, 1.165) is 18.7 Å². The lowest BCUT2D eigenvalue weighted by atomic mass is 9.99. The van der Waals surface area contributed by atoms with Crippen LogP contribution in [0.3, 0.4) is 0 Å². The summed E-state index contributed by atoms with van der Waals surface area (Å²) in [5.74, 6) is 0.0825. The van der Waals surface area contributed by atoms with Gasteiger partial charge in [-0.3, -0.25) is 0 Å². The number of nitrogens with zero attached hydrogens (tertiary/aromatic N) is 2. The van der Waals surface area contributed by atoms with Crippen molar-refractivity contribution in [3.8, 4) is 0 Å². The number of hydrogen-bond acceptors (Lipinski definition) is 3. The van der Waals surface area contributed by atoms with E-state index in [0.29, 0.717) is 16.6 Å². The zero-order chi connectivity index (χ0) is 13.8. The van der Waals surface area contributed by atoms with Crippen molar-refractivity contribution in [1.82, 2.24) is 0 Å². The standard InChI is InChI=1S/C14H20ClN3O/c1-2-11-5-3-4-8-18(11)13-7-6-10(9-12(13)15)14(16)17-19/h6-7,9,11,19H,2-5,8H2,1H3,(H2,16,17). The molecule has 1 saturated heterocycles. The summed E-state index contributed by atoms with van der Waals surface area (Å²) in [7, 11) is 0. The third-order valence-electron chi connectivity index (χ3n) is 3.76. The number of oxime groups is 1. The summed E-state index contributed by atoms with van der Waals surface area (Å²) in [6.45, 7) is 3.25. The molecule has 0 aromatic heterocycles. The molecule has 1 atom stereocenters. The normalized spacial score (nSPS) is 20.6. The molecule has 3 N–H and O–H groups in total. The fraction of sp³-hybridized carbons (Fsp3) is 0.500. The molecule has 1 fully saturated rings. The average Bonchev–Trinajstić information content (AvgIpc) is 2.46. The van der Waals surface area contributed by atoms with Crippen LogP contribution in [0.5, 0.6) is 0 Å². The van der Waals surface area contributed by atoms with E-state index < -0.39 is 0 Å². The maximum Gasteiger partial charge on any atom is 0.170 e. The fourth-order valence-corrected chi connectivity index (χ4v) is 2.99. The molecule has 0 spiro atoms. The Morgan fingerprint density at radius 2 is 2.32 bits per heavy atom. The second-order valence-corrected chi connectivity index (χ2v) is 5.31. The summed E-state index contributed by atoms with van der Waals surface area (Å²) in [5.41, 5.74) is 7.26. The number of benzene rings is 1. The van der Waals surface area contributed by atoms with Gasteiger partial charge in [0.15, 0.2) is 5.84 Å². The van der Waals surface area contributed by atoms with Crippen LogP contribution in [0, 0.1) is 0 Å². The van der Waals surface area contributed by atoms with Crippen LogP contribution in [0.25, 0.3) is 0 Å². The number of anilines is 1. The van der Waals surface area contributed by atoms with Crippen LogP contribution in [0.4, 0.5) is 5.69 Å². The van der Waals surface area contributed by atoms with Gasteiger partial charge in [-0.25, -0.2) is 0 Å². The summed E-state index contributed by atoms with van der Waals surface area (Å²) < 4.78 is 0. The summed E-state index contributed by atoms with van der Waals surface area (Å²) in [6, 6.07) is 6.12. The molecule has 19 heavy (non-hydrogen) atoms. The van der Waals surface area contributed by atoms with E-state index in [4.69, 9.17) is 22.5 Å². The summed E-state index contributed by atoms with van der Waals surface area (Å²) in [5, 5.41) is 12.3. The Kier molecular flexibility index (Phi) is 4.53. The third kappa shape index (κ3) is 2.95. The topological polar surface area (TPSA) is 61.8 Å². The van der Waals surface area contributed by atoms with Crippen LogP contribution in [0.15, 0.2) is 23.4 Å². The predicted octanol–water partition coefficient (Wildman–Crippen LogP) is 3.20. The average molecular weight is 282 g/mol. The number of piperidine rings is 1. The SMILES string of the molecule is CCC1CCCCN1c1ccc(C(N)=NO)cc1Cl. The molecule has 1 aliphatic heterocycles. The van der Waals surface area contributed by atoms with Gasteiger partial charge >= 0.3 is 0 Å². The molecule has 0 saturated carbocycles. The van der Waals surface area contributed by atoms with Crippen molar-refractivity contribution in [2.24, 2.45) is 10.9 Å². The van der Waals surface area contributed by atoms with Gasteiger partial charge in [0.1, 0.15) is 0 Å². The number of halogens is 1. The molecule has 0 amide bonds. The van der Waals surface area contributed by atoms with Crippen molar-refractivity contribution in [2.45, 2.75) is 38.6 Å². The van der Waals surface area contributed by atoms with Gasteiger partial charge in [0.05, 0.1) is 10.7 Å². The number of hydrogen-bond donors (Lipinski definition) is 2. The second-order valence-electron chi connectivity index (χ2n) is 4.90. The van der Waals surface area contributed by atoms with Crippen LogP contribution in [-0.4, -0.2) is 23.6 Å². The Morgan fingerprint density at radius 3 is 2.95 bits per heavy atom. The Bertz CT molecular complexity index is 476. The van der Waals surface area contributed by atoms with E-state index in [1.807, 2.05) is 12.1 Å². The summed E-state index contributed by atoms with van der Waals surface area (Å²) >= 11 is 6.35. The summed E-state index contributed by atoms with van der Waals surface area (Å²) in [4.78, 5) is 2.38. The number of amidine groups is 1. The zero-order valence-corrected chi connectivity index (χ0v) is 11.9. The fourth-order valence-electron chi connectivity index (χ4n) is 2.70. The largest absolute Gasteiger partial charge is 0.409 e. The van der Waals surface area contributed by atoms with E-state index in [2.05, 4.69) is 17.0 Å². The third-order valence-corrected chi connectivity index (χ3v) is 4.06. The first-order chi connectivity index (χ1) is 9.17. The van der Waals surface area contributed by atoms with Crippen molar-refractivity contribution in [3.63, 3.8) is 0 Å². The lowest BCUT2D eigenvalue weighted by molar-refractivity contribution is 0.318. The van der Waals surface area contributed by atoms with Gasteiger partial charge in [-0.05, 0) is 43.9 Å². The molecular weight excluding hydrogens is 262 g/mol. The molecule has 2 rings (SSSR count). The van der Waals surface area contributed by atoms with Crippen LogP contribution < -0.4 is 10.6 Å². The molecule has 0 bridgehead atoms. The zero-order valence-electron chi connectivity index (χ0n) is 11.1. The number of rotatable bonds is 3.